The number of halogens is 3. The van der Waals surface area contributed by atoms with Crippen LogP contribution in [0.3, 0.4) is 0 Å². The van der Waals surface area contributed by atoms with E-state index in [0.29, 0.717) is 24.6 Å². The summed E-state index contributed by atoms with van der Waals surface area (Å²) in [4.78, 5) is 13.6. The number of carbonyl (C=O) groups excluding carboxylic acids is 1. The average Bonchev–Trinajstić information content (AvgIpc) is 2.66. The summed E-state index contributed by atoms with van der Waals surface area (Å²) in [7, 11) is 0. The summed E-state index contributed by atoms with van der Waals surface area (Å²) < 4.78 is 44.0. The maximum Gasteiger partial charge on any atom is 0.416 e. The first-order valence-corrected chi connectivity index (χ1v) is 8.73. The average molecular weight is 375 g/mol. The molecule has 6 heteroatoms. The van der Waals surface area contributed by atoms with Crippen molar-refractivity contribution < 1.29 is 22.7 Å². The first kappa shape index (κ1) is 19.0. The largest absolute Gasteiger partial charge is 0.457 e. The summed E-state index contributed by atoms with van der Waals surface area (Å²) in [6, 6.07) is 8.58. The van der Waals surface area contributed by atoms with Crippen LogP contribution >= 0.6 is 0 Å². The van der Waals surface area contributed by atoms with Crippen LogP contribution in [0.2, 0.25) is 0 Å². The fourth-order valence-corrected chi connectivity index (χ4v) is 3.17. The number of aryl methyl sites for hydroxylation is 1. The first-order chi connectivity index (χ1) is 12.8. The van der Waals surface area contributed by atoms with Gasteiger partial charge < -0.3 is 9.64 Å². The summed E-state index contributed by atoms with van der Waals surface area (Å²) in [5.41, 5.74) is 2.42. The van der Waals surface area contributed by atoms with Crippen molar-refractivity contribution in [1.82, 2.24) is 4.90 Å². The Kier molecular flexibility index (Phi) is 5.26. The number of alkyl halides is 3. The molecule has 1 heterocycles. The molecule has 0 atom stereocenters. The van der Waals surface area contributed by atoms with Gasteiger partial charge in [0, 0.05) is 13.1 Å². The van der Waals surface area contributed by atoms with Crippen LogP contribution in [-0.2, 0) is 30.4 Å². The number of hydrogen-bond acceptors (Lipinski definition) is 2. The van der Waals surface area contributed by atoms with E-state index in [9.17, 15) is 18.0 Å². The molecule has 0 spiro atoms. The monoisotopic (exact) mass is 375 g/mol. The van der Waals surface area contributed by atoms with E-state index in [4.69, 9.17) is 4.74 Å². The number of carbonyl (C=O) groups is 1. The number of hydrogen-bond donors (Lipinski definition) is 0. The summed E-state index contributed by atoms with van der Waals surface area (Å²) in [5, 5.41) is 0. The lowest BCUT2D eigenvalue weighted by Gasteiger charge is -2.29. The second-order valence-corrected chi connectivity index (χ2v) is 6.42. The van der Waals surface area contributed by atoms with Gasteiger partial charge >= 0.3 is 6.18 Å². The molecule has 0 fully saturated rings. The van der Waals surface area contributed by atoms with Gasteiger partial charge in [-0.1, -0.05) is 19.6 Å². The zero-order chi connectivity index (χ0) is 19.6. The van der Waals surface area contributed by atoms with Crippen LogP contribution in [0.5, 0.6) is 11.5 Å². The summed E-state index contributed by atoms with van der Waals surface area (Å²) in [6.07, 6.45) is -1.59. The van der Waals surface area contributed by atoms with Crippen molar-refractivity contribution in [2.75, 3.05) is 6.54 Å². The van der Waals surface area contributed by atoms with Crippen LogP contribution < -0.4 is 4.74 Å². The first-order valence-electron chi connectivity index (χ1n) is 8.73. The molecular formula is C21H20F3NO2. The molecular weight excluding hydrogens is 355 g/mol. The Hall–Kier alpha value is -2.76. The molecule has 142 valence electrons. The topological polar surface area (TPSA) is 29.5 Å². The van der Waals surface area contributed by atoms with Crippen molar-refractivity contribution in [3.05, 3.63) is 71.3 Å². The van der Waals surface area contributed by atoms with Gasteiger partial charge in [0.1, 0.15) is 11.5 Å². The highest BCUT2D eigenvalue weighted by Gasteiger charge is 2.30. The molecule has 0 saturated heterocycles. The quantitative estimate of drug-likeness (QED) is 0.694. The number of amides is 1. The van der Waals surface area contributed by atoms with Crippen LogP contribution in [0.4, 0.5) is 13.2 Å². The predicted octanol–water partition coefficient (Wildman–Crippen LogP) is 5.13. The smallest absolute Gasteiger partial charge is 0.416 e. The fourth-order valence-electron chi connectivity index (χ4n) is 3.17. The Morgan fingerprint density at radius 3 is 2.52 bits per heavy atom. The van der Waals surface area contributed by atoms with Crippen molar-refractivity contribution in [1.29, 1.82) is 0 Å². The lowest BCUT2D eigenvalue weighted by Crippen LogP contribution is -2.34. The van der Waals surface area contributed by atoms with Crippen LogP contribution in [-0.4, -0.2) is 17.4 Å². The van der Waals surface area contributed by atoms with Gasteiger partial charge in [0.25, 0.3) is 0 Å². The van der Waals surface area contributed by atoms with Gasteiger partial charge in [-0.05, 0) is 65.9 Å². The maximum absolute atomic E-state index is 12.7. The lowest BCUT2D eigenvalue weighted by molar-refractivity contribution is -0.137. The minimum atomic E-state index is -4.37. The molecule has 1 aliphatic rings. The molecule has 2 aromatic carbocycles. The normalized spacial score (nSPS) is 13.9. The highest BCUT2D eigenvalue weighted by atomic mass is 19.4. The number of benzene rings is 2. The Morgan fingerprint density at radius 1 is 1.22 bits per heavy atom. The molecule has 0 aromatic heterocycles. The molecule has 0 N–H and O–H groups in total. The zero-order valence-electron chi connectivity index (χ0n) is 15.0. The highest BCUT2D eigenvalue weighted by molar-refractivity contribution is 5.87. The molecule has 3 nitrogen and oxygen atoms in total. The van der Waals surface area contributed by atoms with Crippen molar-refractivity contribution in [3.63, 3.8) is 0 Å². The second kappa shape index (κ2) is 7.47. The Labute approximate surface area is 156 Å². The third kappa shape index (κ3) is 4.15. The molecule has 27 heavy (non-hydrogen) atoms. The van der Waals surface area contributed by atoms with E-state index in [1.807, 2.05) is 13.0 Å². The maximum atomic E-state index is 12.7. The fraction of sp³-hybridized carbons (Fsp3) is 0.286. The highest BCUT2D eigenvalue weighted by Crippen LogP contribution is 2.34. The zero-order valence-corrected chi connectivity index (χ0v) is 15.0. The number of rotatable bonds is 4. The van der Waals surface area contributed by atoms with Crippen LogP contribution in [0.15, 0.2) is 49.1 Å². The third-order valence-corrected chi connectivity index (χ3v) is 4.67. The van der Waals surface area contributed by atoms with E-state index in [1.54, 1.807) is 4.90 Å². The van der Waals surface area contributed by atoms with E-state index < -0.39 is 11.7 Å². The van der Waals surface area contributed by atoms with Gasteiger partial charge in [-0.3, -0.25) is 4.79 Å². The van der Waals surface area contributed by atoms with Crippen molar-refractivity contribution in [3.8, 4) is 11.5 Å². The second-order valence-electron chi connectivity index (χ2n) is 6.42. The van der Waals surface area contributed by atoms with Crippen LogP contribution in [0.25, 0.3) is 0 Å². The minimum Gasteiger partial charge on any atom is -0.457 e. The summed E-state index contributed by atoms with van der Waals surface area (Å²) in [6.45, 7) is 6.62. The van der Waals surface area contributed by atoms with E-state index in [0.717, 1.165) is 36.1 Å². The van der Waals surface area contributed by atoms with Crippen molar-refractivity contribution in [2.45, 2.75) is 32.5 Å². The Bertz CT molecular complexity index is 857. The van der Waals surface area contributed by atoms with Crippen LogP contribution in [0.1, 0.15) is 29.2 Å². The molecule has 3 rings (SSSR count). The summed E-state index contributed by atoms with van der Waals surface area (Å²) in [5.74, 6) is 0.821. The molecule has 2 aromatic rings. The molecule has 0 aliphatic carbocycles. The third-order valence-electron chi connectivity index (χ3n) is 4.67. The lowest BCUT2D eigenvalue weighted by atomic mass is 9.95. The number of nitrogens with zero attached hydrogens (tertiary/aromatic N) is 1. The van der Waals surface area contributed by atoms with Crippen molar-refractivity contribution >= 4 is 5.91 Å². The van der Waals surface area contributed by atoms with Crippen molar-refractivity contribution in [2.24, 2.45) is 0 Å². The van der Waals surface area contributed by atoms with E-state index in [1.165, 1.54) is 23.8 Å². The van der Waals surface area contributed by atoms with Gasteiger partial charge in [-0.15, -0.1) is 0 Å². The molecule has 1 amide bonds. The SMILES string of the molecule is C=CC(=O)N1CCc2cc(CC)c(Oc3ccc(C(F)(F)F)cc3)cc2C1. The molecule has 0 saturated carbocycles. The minimum absolute atomic E-state index is 0.120. The number of fused-ring (bicyclic) bond motifs is 1. The molecule has 0 bridgehead atoms. The van der Waals surface area contributed by atoms with E-state index >= 15 is 0 Å². The molecule has 1 aliphatic heterocycles. The summed E-state index contributed by atoms with van der Waals surface area (Å²) >= 11 is 0. The van der Waals surface area contributed by atoms with Gasteiger partial charge in [0.05, 0.1) is 5.56 Å². The van der Waals surface area contributed by atoms with Gasteiger partial charge in [-0.25, -0.2) is 0 Å². The Balaban J connectivity index is 1.87. The molecule has 0 radical (unpaired) electrons. The van der Waals surface area contributed by atoms with Crippen LogP contribution in [0, 0.1) is 0 Å². The Morgan fingerprint density at radius 2 is 1.93 bits per heavy atom. The van der Waals surface area contributed by atoms with E-state index in [2.05, 4.69) is 12.6 Å². The van der Waals surface area contributed by atoms with Gasteiger partial charge in [0.2, 0.25) is 5.91 Å². The number of ether oxygens (including phenoxy) is 1. The van der Waals surface area contributed by atoms with Gasteiger partial charge in [0.15, 0.2) is 0 Å². The van der Waals surface area contributed by atoms with Gasteiger partial charge in [-0.2, -0.15) is 13.2 Å². The standard InChI is InChI=1S/C21H20F3NO2/c1-3-14-11-15-9-10-25(20(26)4-2)13-16(15)12-19(14)27-18-7-5-17(6-8-18)21(22,23)24/h4-8,11-12H,2-3,9-10,13H2,1H3. The van der Waals surface area contributed by atoms with E-state index in [-0.39, 0.29) is 5.91 Å². The predicted molar refractivity (Wildman–Crippen MR) is 96.7 cm³/mol. The molecule has 0 unspecified atom stereocenters.